The first-order valence-corrected chi connectivity index (χ1v) is 7.55. The predicted octanol–water partition coefficient (Wildman–Crippen LogP) is 3.91. The molecule has 2 aromatic rings. The lowest BCUT2D eigenvalue weighted by Gasteiger charge is -2.16. The van der Waals surface area contributed by atoms with E-state index >= 15 is 0 Å². The molecule has 20 heavy (non-hydrogen) atoms. The number of aromatic nitrogens is 1. The fourth-order valence-corrected chi connectivity index (χ4v) is 3.15. The van der Waals surface area contributed by atoms with Crippen molar-refractivity contribution in [2.45, 2.75) is 33.7 Å². The number of aryl methyl sites for hydroxylation is 2. The fraction of sp³-hybridized carbons (Fsp3) is 0.400. The van der Waals surface area contributed by atoms with Crippen LogP contribution in [0.2, 0.25) is 0 Å². The number of anilines is 2. The molecular formula is C15H21N3OS. The van der Waals surface area contributed by atoms with Crippen molar-refractivity contribution >= 4 is 22.7 Å². The summed E-state index contributed by atoms with van der Waals surface area (Å²) in [6, 6.07) is 5.92. The van der Waals surface area contributed by atoms with Gasteiger partial charge in [-0.2, -0.15) is 0 Å². The molecule has 1 atom stereocenters. The molecule has 0 aliphatic rings. The average Bonchev–Trinajstić information content (AvgIpc) is 2.68. The number of nitrogens with one attached hydrogen (secondary N) is 1. The van der Waals surface area contributed by atoms with Gasteiger partial charge in [-0.1, -0.05) is 0 Å². The lowest BCUT2D eigenvalue weighted by atomic mass is 10.2. The van der Waals surface area contributed by atoms with Gasteiger partial charge in [0, 0.05) is 28.4 Å². The number of nitrogens with zero attached hydrogens (tertiary/aromatic N) is 1. The molecule has 4 nitrogen and oxygen atoms in total. The second-order valence-corrected chi connectivity index (χ2v) is 6.01. The second kappa shape index (κ2) is 6.13. The van der Waals surface area contributed by atoms with Crippen LogP contribution in [0.3, 0.4) is 0 Å². The van der Waals surface area contributed by atoms with E-state index in [1.807, 2.05) is 39.0 Å². The summed E-state index contributed by atoms with van der Waals surface area (Å²) in [5, 5.41) is 4.55. The lowest BCUT2D eigenvalue weighted by Crippen LogP contribution is -2.07. The Kier molecular flexibility index (Phi) is 4.49. The van der Waals surface area contributed by atoms with Crippen LogP contribution in [0.25, 0.3) is 0 Å². The van der Waals surface area contributed by atoms with E-state index in [9.17, 15) is 0 Å². The van der Waals surface area contributed by atoms with E-state index < -0.39 is 0 Å². The summed E-state index contributed by atoms with van der Waals surface area (Å²) in [5.74, 6) is 0.791. The highest BCUT2D eigenvalue weighted by Crippen LogP contribution is 2.30. The van der Waals surface area contributed by atoms with Gasteiger partial charge in [-0.3, -0.25) is 0 Å². The molecule has 1 aromatic heterocycles. The minimum absolute atomic E-state index is 0.192. The van der Waals surface area contributed by atoms with Gasteiger partial charge in [0.2, 0.25) is 0 Å². The van der Waals surface area contributed by atoms with E-state index in [2.05, 4.69) is 17.2 Å². The standard InChI is InChI=1S/C15H21N3OS/c1-5-19-14-7-12(16)6-13(8-14)18-10(3)15-9(2)17-11(4)20-15/h6-8,10,18H,5,16H2,1-4H3. The summed E-state index contributed by atoms with van der Waals surface area (Å²) >= 11 is 1.72. The van der Waals surface area contributed by atoms with Crippen molar-refractivity contribution in [1.82, 2.24) is 4.98 Å². The van der Waals surface area contributed by atoms with E-state index in [0.29, 0.717) is 12.3 Å². The van der Waals surface area contributed by atoms with Gasteiger partial charge in [0.15, 0.2) is 0 Å². The van der Waals surface area contributed by atoms with E-state index in [1.165, 1.54) is 4.88 Å². The second-order valence-electron chi connectivity index (χ2n) is 4.77. The smallest absolute Gasteiger partial charge is 0.123 e. The predicted molar refractivity (Wildman–Crippen MR) is 85.6 cm³/mol. The normalized spacial score (nSPS) is 12.2. The van der Waals surface area contributed by atoms with Crippen molar-refractivity contribution in [3.63, 3.8) is 0 Å². The molecular weight excluding hydrogens is 270 g/mol. The van der Waals surface area contributed by atoms with Crippen molar-refractivity contribution < 1.29 is 4.74 Å². The molecule has 0 bridgehead atoms. The Morgan fingerprint density at radius 1 is 1.35 bits per heavy atom. The zero-order valence-corrected chi connectivity index (χ0v) is 13.2. The van der Waals surface area contributed by atoms with Crippen molar-refractivity contribution in [3.8, 4) is 5.75 Å². The number of nitrogen functional groups attached to an aromatic ring is 1. The maximum Gasteiger partial charge on any atom is 0.123 e. The van der Waals surface area contributed by atoms with Crippen LogP contribution < -0.4 is 15.8 Å². The molecule has 0 radical (unpaired) electrons. The van der Waals surface area contributed by atoms with Crippen LogP contribution >= 0.6 is 11.3 Å². The van der Waals surface area contributed by atoms with Crippen LogP contribution in [-0.4, -0.2) is 11.6 Å². The first-order chi connectivity index (χ1) is 9.49. The molecule has 2 rings (SSSR count). The van der Waals surface area contributed by atoms with Crippen LogP contribution in [-0.2, 0) is 0 Å². The summed E-state index contributed by atoms with van der Waals surface area (Å²) in [7, 11) is 0. The van der Waals surface area contributed by atoms with Crippen molar-refractivity contribution in [2.75, 3.05) is 17.7 Å². The number of thiazole rings is 1. The molecule has 1 heterocycles. The molecule has 0 fully saturated rings. The van der Waals surface area contributed by atoms with Gasteiger partial charge < -0.3 is 15.8 Å². The molecule has 0 spiro atoms. The number of benzene rings is 1. The third-order valence-electron chi connectivity index (χ3n) is 2.96. The van der Waals surface area contributed by atoms with Gasteiger partial charge in [-0.05, 0) is 33.8 Å². The van der Waals surface area contributed by atoms with Crippen LogP contribution in [0.4, 0.5) is 11.4 Å². The highest BCUT2D eigenvalue weighted by Gasteiger charge is 2.13. The summed E-state index contributed by atoms with van der Waals surface area (Å²) in [5.41, 5.74) is 8.65. The van der Waals surface area contributed by atoms with Crippen LogP contribution in [0.15, 0.2) is 18.2 Å². The van der Waals surface area contributed by atoms with Gasteiger partial charge >= 0.3 is 0 Å². The summed E-state index contributed by atoms with van der Waals surface area (Å²) in [4.78, 5) is 5.72. The third kappa shape index (κ3) is 3.42. The van der Waals surface area contributed by atoms with Gasteiger partial charge in [0.05, 0.1) is 23.4 Å². The Hall–Kier alpha value is -1.75. The Morgan fingerprint density at radius 2 is 2.10 bits per heavy atom. The molecule has 5 heteroatoms. The Balaban J connectivity index is 2.18. The number of hydrogen-bond acceptors (Lipinski definition) is 5. The molecule has 0 saturated heterocycles. The SMILES string of the molecule is CCOc1cc(N)cc(NC(C)c2sc(C)nc2C)c1. The lowest BCUT2D eigenvalue weighted by molar-refractivity contribution is 0.340. The Labute approximate surface area is 124 Å². The van der Waals surface area contributed by atoms with E-state index in [4.69, 9.17) is 10.5 Å². The Bertz CT molecular complexity index is 595. The first-order valence-electron chi connectivity index (χ1n) is 6.73. The highest BCUT2D eigenvalue weighted by molar-refractivity contribution is 7.11. The van der Waals surface area contributed by atoms with Gasteiger partial charge in [-0.25, -0.2) is 4.98 Å². The van der Waals surface area contributed by atoms with Crippen LogP contribution in [0.5, 0.6) is 5.75 Å². The molecule has 1 aromatic carbocycles. The van der Waals surface area contributed by atoms with Crippen LogP contribution in [0.1, 0.15) is 35.5 Å². The van der Waals surface area contributed by atoms with E-state index in [-0.39, 0.29) is 6.04 Å². The minimum Gasteiger partial charge on any atom is -0.494 e. The summed E-state index contributed by atoms with van der Waals surface area (Å²) in [6.07, 6.45) is 0. The largest absolute Gasteiger partial charge is 0.494 e. The number of ether oxygens (including phenoxy) is 1. The van der Waals surface area contributed by atoms with Crippen molar-refractivity contribution in [2.24, 2.45) is 0 Å². The Morgan fingerprint density at radius 3 is 2.70 bits per heavy atom. The number of rotatable bonds is 5. The van der Waals surface area contributed by atoms with Crippen molar-refractivity contribution in [1.29, 1.82) is 0 Å². The highest BCUT2D eigenvalue weighted by atomic mass is 32.1. The van der Waals surface area contributed by atoms with Crippen molar-refractivity contribution in [3.05, 3.63) is 33.8 Å². The maximum atomic E-state index is 5.91. The van der Waals surface area contributed by atoms with Gasteiger partial charge in [0.25, 0.3) is 0 Å². The molecule has 0 aliphatic heterocycles. The number of hydrogen-bond donors (Lipinski definition) is 2. The maximum absolute atomic E-state index is 5.91. The average molecular weight is 291 g/mol. The molecule has 1 unspecified atom stereocenters. The van der Waals surface area contributed by atoms with E-state index in [0.717, 1.165) is 22.1 Å². The molecule has 3 N–H and O–H groups in total. The first kappa shape index (κ1) is 14.7. The molecule has 0 saturated carbocycles. The zero-order valence-electron chi connectivity index (χ0n) is 12.4. The zero-order chi connectivity index (χ0) is 14.7. The molecule has 0 aliphatic carbocycles. The van der Waals surface area contributed by atoms with Crippen LogP contribution in [0, 0.1) is 13.8 Å². The van der Waals surface area contributed by atoms with E-state index in [1.54, 1.807) is 11.3 Å². The monoisotopic (exact) mass is 291 g/mol. The third-order valence-corrected chi connectivity index (χ3v) is 4.21. The fourth-order valence-electron chi connectivity index (χ4n) is 2.22. The molecule has 0 amide bonds. The topological polar surface area (TPSA) is 60.2 Å². The molecule has 108 valence electrons. The minimum atomic E-state index is 0.192. The summed E-state index contributed by atoms with van der Waals surface area (Å²) < 4.78 is 5.51. The number of nitrogens with two attached hydrogens (primary N) is 1. The van der Waals surface area contributed by atoms with Gasteiger partial charge in [0.1, 0.15) is 5.75 Å². The van der Waals surface area contributed by atoms with Gasteiger partial charge in [-0.15, -0.1) is 11.3 Å². The quantitative estimate of drug-likeness (QED) is 0.820. The summed E-state index contributed by atoms with van der Waals surface area (Å²) in [6.45, 7) is 8.79.